The number of likely N-dealkylation sites (tertiary alicyclic amines) is 1. The van der Waals surface area contributed by atoms with E-state index in [0.717, 1.165) is 0 Å². The van der Waals surface area contributed by atoms with Crippen molar-refractivity contribution in [2.45, 2.75) is 6.04 Å². The number of nitrogens with zero attached hydrogens (tertiary/aromatic N) is 3. The minimum absolute atomic E-state index is 0.0391. The van der Waals surface area contributed by atoms with Gasteiger partial charge in [0.15, 0.2) is 11.5 Å². The number of aliphatic hydroxyl groups is 1. The molecule has 158 valence electrons. The summed E-state index contributed by atoms with van der Waals surface area (Å²) in [6.45, 7) is 0.915. The molecule has 8 nitrogen and oxygen atoms in total. The SMILES string of the molecule is COc1ccc(/C(O)=C2/C(=O)C(=O)N(CCN(C)C)C2c2ccncc2)cc1OC. The van der Waals surface area contributed by atoms with Gasteiger partial charge in [-0.3, -0.25) is 14.6 Å². The van der Waals surface area contributed by atoms with Gasteiger partial charge < -0.3 is 24.4 Å². The molecule has 1 aliphatic heterocycles. The molecule has 0 radical (unpaired) electrons. The zero-order valence-electron chi connectivity index (χ0n) is 17.5. The summed E-state index contributed by atoms with van der Waals surface area (Å²) in [5, 5.41) is 11.1. The second kappa shape index (κ2) is 8.96. The van der Waals surface area contributed by atoms with E-state index in [1.54, 1.807) is 42.7 Å². The Morgan fingerprint density at radius 3 is 2.37 bits per heavy atom. The van der Waals surface area contributed by atoms with Crippen LogP contribution in [0.3, 0.4) is 0 Å². The van der Waals surface area contributed by atoms with Gasteiger partial charge in [0.05, 0.1) is 25.8 Å². The van der Waals surface area contributed by atoms with Crippen LogP contribution in [0.25, 0.3) is 5.76 Å². The standard InChI is InChI=1S/C22H25N3O5/c1-24(2)11-12-25-19(14-7-9-23-10-8-14)18(21(27)22(25)28)20(26)15-5-6-16(29-3)17(13-15)30-4/h5-10,13,19,26H,11-12H2,1-4H3/b20-18-. The van der Waals surface area contributed by atoms with Gasteiger partial charge in [0, 0.05) is 31.0 Å². The maximum Gasteiger partial charge on any atom is 0.295 e. The van der Waals surface area contributed by atoms with Crippen molar-refractivity contribution in [3.8, 4) is 11.5 Å². The number of methoxy groups -OCH3 is 2. The molecule has 1 amide bonds. The van der Waals surface area contributed by atoms with Crippen LogP contribution >= 0.6 is 0 Å². The van der Waals surface area contributed by atoms with Crippen LogP contribution in [-0.2, 0) is 9.59 Å². The molecule has 1 aromatic heterocycles. The van der Waals surface area contributed by atoms with Crippen molar-refractivity contribution in [3.63, 3.8) is 0 Å². The zero-order valence-corrected chi connectivity index (χ0v) is 17.5. The van der Waals surface area contributed by atoms with Gasteiger partial charge in [-0.05, 0) is 50.0 Å². The fraction of sp³-hybridized carbons (Fsp3) is 0.318. The van der Waals surface area contributed by atoms with E-state index in [0.29, 0.717) is 35.7 Å². The van der Waals surface area contributed by atoms with Crippen LogP contribution < -0.4 is 9.47 Å². The number of likely N-dealkylation sites (N-methyl/N-ethyl adjacent to an activating group) is 1. The lowest BCUT2D eigenvalue weighted by Gasteiger charge is -2.26. The number of hydrogen-bond acceptors (Lipinski definition) is 7. The van der Waals surface area contributed by atoms with Crippen LogP contribution in [0.5, 0.6) is 11.5 Å². The molecular weight excluding hydrogens is 386 g/mol. The molecule has 1 atom stereocenters. The first-order chi connectivity index (χ1) is 14.4. The summed E-state index contributed by atoms with van der Waals surface area (Å²) in [5.74, 6) is -0.720. The Morgan fingerprint density at radius 1 is 1.10 bits per heavy atom. The van der Waals surface area contributed by atoms with E-state index in [-0.39, 0.29) is 11.3 Å². The number of carbonyl (C=O) groups excluding carboxylic acids is 2. The lowest BCUT2D eigenvalue weighted by Crippen LogP contribution is -2.35. The number of Topliss-reactive ketones (excluding diaryl/α,β-unsaturated/α-hetero) is 1. The van der Waals surface area contributed by atoms with Crippen LogP contribution in [0.15, 0.2) is 48.3 Å². The maximum atomic E-state index is 12.9. The largest absolute Gasteiger partial charge is 0.507 e. The maximum absolute atomic E-state index is 12.9. The van der Waals surface area contributed by atoms with Crippen LogP contribution in [0, 0.1) is 0 Å². The minimum atomic E-state index is -0.720. The Bertz CT molecular complexity index is 972. The van der Waals surface area contributed by atoms with Crippen molar-refractivity contribution in [3.05, 3.63) is 59.4 Å². The van der Waals surface area contributed by atoms with Gasteiger partial charge in [0.25, 0.3) is 11.7 Å². The van der Waals surface area contributed by atoms with Crippen molar-refractivity contribution in [2.75, 3.05) is 41.4 Å². The third-order valence-electron chi connectivity index (χ3n) is 5.01. The number of aromatic nitrogens is 1. The number of rotatable bonds is 7. The van der Waals surface area contributed by atoms with Gasteiger partial charge in [-0.2, -0.15) is 0 Å². The molecule has 0 bridgehead atoms. The van der Waals surface area contributed by atoms with Gasteiger partial charge in [-0.15, -0.1) is 0 Å². The van der Waals surface area contributed by atoms with Crippen LogP contribution in [-0.4, -0.2) is 73.0 Å². The molecular formula is C22H25N3O5. The molecule has 0 spiro atoms. The Kier molecular flexibility index (Phi) is 6.37. The highest BCUT2D eigenvalue weighted by atomic mass is 16.5. The second-order valence-electron chi connectivity index (χ2n) is 7.15. The summed E-state index contributed by atoms with van der Waals surface area (Å²) in [7, 11) is 6.78. The zero-order chi connectivity index (χ0) is 21.8. The molecule has 2 heterocycles. The molecule has 1 aliphatic rings. The molecule has 0 aliphatic carbocycles. The molecule has 0 saturated carbocycles. The molecule has 1 unspecified atom stereocenters. The molecule has 1 aromatic carbocycles. The normalized spacial score (nSPS) is 18.2. The molecule has 1 saturated heterocycles. The van der Waals surface area contributed by atoms with E-state index in [4.69, 9.17) is 9.47 Å². The molecule has 30 heavy (non-hydrogen) atoms. The number of benzene rings is 1. The summed E-state index contributed by atoms with van der Waals surface area (Å²) in [5.41, 5.74) is 1.10. The lowest BCUT2D eigenvalue weighted by molar-refractivity contribution is -0.140. The number of ketones is 1. The highest BCUT2D eigenvalue weighted by Crippen LogP contribution is 2.40. The summed E-state index contributed by atoms with van der Waals surface area (Å²) >= 11 is 0. The van der Waals surface area contributed by atoms with Crippen LogP contribution in [0.1, 0.15) is 17.2 Å². The quantitative estimate of drug-likeness (QED) is 0.424. The van der Waals surface area contributed by atoms with Crippen molar-refractivity contribution in [1.29, 1.82) is 0 Å². The van der Waals surface area contributed by atoms with Crippen LogP contribution in [0.4, 0.5) is 0 Å². The number of ether oxygens (including phenoxy) is 2. The predicted molar refractivity (Wildman–Crippen MR) is 111 cm³/mol. The fourth-order valence-electron chi connectivity index (χ4n) is 3.45. The molecule has 8 heteroatoms. The number of hydrogen-bond donors (Lipinski definition) is 1. The Morgan fingerprint density at radius 2 is 1.77 bits per heavy atom. The number of aliphatic hydroxyl groups excluding tert-OH is 1. The Balaban J connectivity index is 2.14. The van der Waals surface area contributed by atoms with E-state index in [2.05, 4.69) is 4.98 Å². The third-order valence-corrected chi connectivity index (χ3v) is 5.01. The van der Waals surface area contributed by atoms with Crippen molar-refractivity contribution < 1.29 is 24.2 Å². The lowest BCUT2D eigenvalue weighted by atomic mass is 9.96. The van der Waals surface area contributed by atoms with E-state index >= 15 is 0 Å². The van der Waals surface area contributed by atoms with E-state index in [9.17, 15) is 14.7 Å². The third kappa shape index (κ3) is 3.99. The first kappa shape index (κ1) is 21.3. The van der Waals surface area contributed by atoms with Gasteiger partial charge in [0.2, 0.25) is 0 Å². The molecule has 1 N–H and O–H groups in total. The number of pyridine rings is 1. The highest BCUT2D eigenvalue weighted by Gasteiger charge is 2.45. The monoisotopic (exact) mass is 411 g/mol. The summed E-state index contributed by atoms with van der Waals surface area (Å²) in [6.07, 6.45) is 3.19. The second-order valence-corrected chi connectivity index (χ2v) is 7.15. The Labute approximate surface area is 175 Å². The Hall–Kier alpha value is -3.39. The van der Waals surface area contributed by atoms with E-state index in [1.807, 2.05) is 19.0 Å². The van der Waals surface area contributed by atoms with E-state index < -0.39 is 17.7 Å². The molecule has 2 aromatic rings. The molecule has 3 rings (SSSR count). The first-order valence-electron chi connectivity index (χ1n) is 9.44. The summed E-state index contributed by atoms with van der Waals surface area (Å²) in [4.78, 5) is 33.2. The van der Waals surface area contributed by atoms with Crippen LogP contribution in [0.2, 0.25) is 0 Å². The highest BCUT2D eigenvalue weighted by molar-refractivity contribution is 6.46. The van der Waals surface area contributed by atoms with Crippen molar-refractivity contribution in [1.82, 2.24) is 14.8 Å². The number of amides is 1. The van der Waals surface area contributed by atoms with Gasteiger partial charge in [-0.25, -0.2) is 0 Å². The summed E-state index contributed by atoms with van der Waals surface area (Å²) < 4.78 is 10.5. The minimum Gasteiger partial charge on any atom is -0.507 e. The molecule has 1 fully saturated rings. The van der Waals surface area contributed by atoms with Crippen molar-refractivity contribution >= 4 is 17.4 Å². The van der Waals surface area contributed by atoms with Crippen molar-refractivity contribution in [2.24, 2.45) is 0 Å². The number of carbonyl (C=O) groups is 2. The average molecular weight is 411 g/mol. The topological polar surface area (TPSA) is 92.2 Å². The van der Waals surface area contributed by atoms with Gasteiger partial charge in [-0.1, -0.05) is 0 Å². The first-order valence-corrected chi connectivity index (χ1v) is 9.44. The van der Waals surface area contributed by atoms with E-state index in [1.165, 1.54) is 19.1 Å². The summed E-state index contributed by atoms with van der Waals surface area (Å²) in [6, 6.07) is 7.60. The fourth-order valence-corrected chi connectivity index (χ4v) is 3.45. The average Bonchev–Trinajstić information content (AvgIpc) is 3.01. The predicted octanol–water partition coefficient (Wildman–Crippen LogP) is 2.08. The van der Waals surface area contributed by atoms with Gasteiger partial charge >= 0.3 is 0 Å². The van der Waals surface area contributed by atoms with Gasteiger partial charge in [0.1, 0.15) is 5.76 Å². The smallest absolute Gasteiger partial charge is 0.295 e.